The van der Waals surface area contributed by atoms with Crippen LogP contribution in [0.3, 0.4) is 0 Å². The van der Waals surface area contributed by atoms with Crippen LogP contribution in [0.15, 0.2) is 48.5 Å². The van der Waals surface area contributed by atoms with Crippen LogP contribution in [0.2, 0.25) is 0 Å². The summed E-state index contributed by atoms with van der Waals surface area (Å²) in [5.74, 6) is 1.54. The fraction of sp³-hybridized carbons (Fsp3) is 0.286. The summed E-state index contributed by atoms with van der Waals surface area (Å²) in [5.41, 5.74) is 2.12. The molecule has 1 aromatic heterocycles. The number of methoxy groups -OCH3 is 1. The number of rotatable bonds is 8. The highest BCUT2D eigenvalue weighted by molar-refractivity contribution is 6.10. The second kappa shape index (κ2) is 7.88. The molecule has 0 aliphatic heterocycles. The van der Waals surface area contributed by atoms with Crippen molar-refractivity contribution >= 4 is 16.7 Å². The van der Waals surface area contributed by atoms with Crippen LogP contribution in [-0.2, 0) is 0 Å². The van der Waals surface area contributed by atoms with Crippen molar-refractivity contribution in [3.63, 3.8) is 0 Å². The van der Waals surface area contributed by atoms with Gasteiger partial charge >= 0.3 is 0 Å². The number of benzene rings is 2. The smallest absolute Gasteiger partial charge is 0.209 e. The van der Waals surface area contributed by atoms with E-state index in [2.05, 4.69) is 11.9 Å². The summed E-state index contributed by atoms with van der Waals surface area (Å²) >= 11 is 0. The molecule has 0 atom stereocenters. The van der Waals surface area contributed by atoms with E-state index in [1.54, 1.807) is 7.11 Å². The lowest BCUT2D eigenvalue weighted by Crippen LogP contribution is -2.02. The molecule has 0 saturated heterocycles. The van der Waals surface area contributed by atoms with E-state index in [9.17, 15) is 4.79 Å². The third kappa shape index (κ3) is 4.02. The molecular formula is C21H23NO3. The lowest BCUT2D eigenvalue weighted by Gasteiger charge is -2.06. The Morgan fingerprint density at radius 3 is 2.48 bits per heavy atom. The third-order valence-corrected chi connectivity index (χ3v) is 4.21. The molecule has 0 aliphatic carbocycles. The van der Waals surface area contributed by atoms with E-state index >= 15 is 0 Å². The molecule has 1 heterocycles. The largest absolute Gasteiger partial charge is 0.497 e. The molecule has 0 bridgehead atoms. The van der Waals surface area contributed by atoms with Crippen molar-refractivity contribution in [1.29, 1.82) is 0 Å². The second-order valence-electron chi connectivity index (χ2n) is 6.05. The minimum Gasteiger partial charge on any atom is -0.497 e. The lowest BCUT2D eigenvalue weighted by atomic mass is 10.1. The Hall–Kier alpha value is -2.75. The Kier molecular flexibility index (Phi) is 5.39. The van der Waals surface area contributed by atoms with Gasteiger partial charge in [-0.15, -0.1) is 0 Å². The van der Waals surface area contributed by atoms with Crippen molar-refractivity contribution < 1.29 is 14.3 Å². The molecule has 25 heavy (non-hydrogen) atoms. The highest BCUT2D eigenvalue weighted by atomic mass is 16.5. The fourth-order valence-electron chi connectivity index (χ4n) is 2.76. The van der Waals surface area contributed by atoms with E-state index in [0.717, 1.165) is 28.8 Å². The number of H-pyrrole nitrogens is 1. The van der Waals surface area contributed by atoms with E-state index < -0.39 is 0 Å². The van der Waals surface area contributed by atoms with Gasteiger partial charge in [-0.3, -0.25) is 4.79 Å². The van der Waals surface area contributed by atoms with E-state index in [4.69, 9.17) is 9.47 Å². The number of nitrogens with one attached hydrogen (secondary N) is 1. The van der Waals surface area contributed by atoms with Crippen molar-refractivity contribution in [2.24, 2.45) is 0 Å². The molecule has 1 N–H and O–H groups in total. The summed E-state index contributed by atoms with van der Waals surface area (Å²) < 4.78 is 10.9. The number of ketones is 1. The second-order valence-corrected chi connectivity index (χ2v) is 6.05. The first-order valence-corrected chi connectivity index (χ1v) is 8.65. The topological polar surface area (TPSA) is 51.3 Å². The molecule has 0 fully saturated rings. The van der Waals surface area contributed by atoms with Crippen LogP contribution in [0.5, 0.6) is 11.5 Å². The van der Waals surface area contributed by atoms with Crippen LogP contribution < -0.4 is 9.47 Å². The van der Waals surface area contributed by atoms with Gasteiger partial charge < -0.3 is 14.5 Å². The normalized spacial score (nSPS) is 10.8. The van der Waals surface area contributed by atoms with Gasteiger partial charge in [-0.05, 0) is 55.0 Å². The molecule has 4 nitrogen and oxygen atoms in total. The van der Waals surface area contributed by atoms with Crippen molar-refractivity contribution in [2.75, 3.05) is 13.7 Å². The average Bonchev–Trinajstić information content (AvgIpc) is 3.08. The van der Waals surface area contributed by atoms with Gasteiger partial charge in [0, 0.05) is 16.5 Å². The van der Waals surface area contributed by atoms with Crippen molar-refractivity contribution in [3.05, 3.63) is 59.8 Å². The Bertz CT molecular complexity index is 849. The molecule has 0 radical (unpaired) electrons. The van der Waals surface area contributed by atoms with Crippen LogP contribution in [-0.4, -0.2) is 24.5 Å². The molecule has 0 amide bonds. The first-order valence-electron chi connectivity index (χ1n) is 8.65. The van der Waals surface area contributed by atoms with Gasteiger partial charge in [-0.1, -0.05) is 19.8 Å². The number of carbonyl (C=O) groups excluding carboxylic acids is 1. The van der Waals surface area contributed by atoms with Gasteiger partial charge in [-0.2, -0.15) is 0 Å². The summed E-state index contributed by atoms with van der Waals surface area (Å²) in [7, 11) is 1.63. The standard InChI is InChI=1S/C21H23NO3/c1-3-4-5-12-25-17-8-6-15(7-9-17)21(23)20-14-16-13-18(24-2)10-11-19(16)22-20/h6-11,13-14,22H,3-5,12H2,1-2H3. The lowest BCUT2D eigenvalue weighted by molar-refractivity contribution is 0.103. The van der Waals surface area contributed by atoms with E-state index in [1.807, 2.05) is 48.5 Å². The minimum atomic E-state index is -0.0345. The zero-order chi connectivity index (χ0) is 17.6. The zero-order valence-corrected chi connectivity index (χ0v) is 14.7. The number of aromatic nitrogens is 1. The maximum absolute atomic E-state index is 12.7. The molecule has 3 aromatic rings. The molecule has 3 rings (SSSR count). The number of hydrogen-bond acceptors (Lipinski definition) is 3. The van der Waals surface area contributed by atoms with Crippen molar-refractivity contribution in [1.82, 2.24) is 4.98 Å². The Balaban J connectivity index is 1.72. The quantitative estimate of drug-likeness (QED) is 0.466. The highest BCUT2D eigenvalue weighted by Crippen LogP contribution is 2.23. The number of fused-ring (bicyclic) bond motifs is 1. The summed E-state index contributed by atoms with van der Waals surface area (Å²) in [4.78, 5) is 15.8. The monoisotopic (exact) mass is 337 g/mol. The number of ether oxygens (including phenoxy) is 2. The predicted octanol–water partition coefficient (Wildman–Crippen LogP) is 4.98. The molecule has 0 unspecified atom stereocenters. The SMILES string of the molecule is CCCCCOc1ccc(C(=O)c2cc3cc(OC)ccc3[nH]2)cc1. The summed E-state index contributed by atoms with van der Waals surface area (Å²) in [6.45, 7) is 2.88. The maximum atomic E-state index is 12.7. The minimum absolute atomic E-state index is 0.0345. The van der Waals surface area contributed by atoms with Gasteiger partial charge in [0.1, 0.15) is 11.5 Å². The summed E-state index contributed by atoms with van der Waals surface area (Å²) in [6, 6.07) is 14.9. The van der Waals surface area contributed by atoms with Crippen LogP contribution >= 0.6 is 0 Å². The maximum Gasteiger partial charge on any atom is 0.209 e. The number of carbonyl (C=O) groups is 1. The van der Waals surface area contributed by atoms with E-state index in [-0.39, 0.29) is 5.78 Å². The average molecular weight is 337 g/mol. The molecule has 2 aromatic carbocycles. The molecule has 4 heteroatoms. The van der Waals surface area contributed by atoms with Gasteiger partial charge in [0.05, 0.1) is 19.4 Å². The number of aromatic amines is 1. The van der Waals surface area contributed by atoms with Gasteiger partial charge in [0.2, 0.25) is 5.78 Å². The van der Waals surface area contributed by atoms with Crippen molar-refractivity contribution in [3.8, 4) is 11.5 Å². The van der Waals surface area contributed by atoms with Crippen molar-refractivity contribution in [2.45, 2.75) is 26.2 Å². The molecular weight excluding hydrogens is 314 g/mol. The molecule has 0 spiro atoms. The van der Waals surface area contributed by atoms with Gasteiger partial charge in [-0.25, -0.2) is 0 Å². The first kappa shape index (κ1) is 17.1. The van der Waals surface area contributed by atoms with Gasteiger partial charge in [0.25, 0.3) is 0 Å². The molecule has 130 valence electrons. The summed E-state index contributed by atoms with van der Waals surface area (Å²) in [5, 5.41) is 0.957. The summed E-state index contributed by atoms with van der Waals surface area (Å²) in [6.07, 6.45) is 3.39. The third-order valence-electron chi connectivity index (χ3n) is 4.21. The molecule has 0 saturated carbocycles. The first-order chi connectivity index (χ1) is 12.2. The Morgan fingerprint density at radius 1 is 1.00 bits per heavy atom. The predicted molar refractivity (Wildman–Crippen MR) is 99.7 cm³/mol. The van der Waals surface area contributed by atoms with Crippen LogP contribution in [0, 0.1) is 0 Å². The van der Waals surface area contributed by atoms with E-state index in [0.29, 0.717) is 17.9 Å². The number of unbranched alkanes of at least 4 members (excludes halogenated alkanes) is 2. The van der Waals surface area contributed by atoms with Crippen LogP contribution in [0.4, 0.5) is 0 Å². The zero-order valence-electron chi connectivity index (χ0n) is 14.7. The van der Waals surface area contributed by atoms with Crippen LogP contribution in [0.1, 0.15) is 42.2 Å². The number of hydrogen-bond donors (Lipinski definition) is 1. The highest BCUT2D eigenvalue weighted by Gasteiger charge is 2.12. The van der Waals surface area contributed by atoms with E-state index in [1.165, 1.54) is 12.8 Å². The Labute approximate surface area is 147 Å². The van der Waals surface area contributed by atoms with Crippen LogP contribution in [0.25, 0.3) is 10.9 Å². The fourth-order valence-corrected chi connectivity index (χ4v) is 2.76. The molecule has 0 aliphatic rings. The Morgan fingerprint density at radius 2 is 1.76 bits per heavy atom. The van der Waals surface area contributed by atoms with Gasteiger partial charge in [0.15, 0.2) is 0 Å².